The normalized spacial score (nSPS) is 22.6. The number of aliphatic hydroxyl groups is 1. The van der Waals surface area contributed by atoms with Crippen molar-refractivity contribution >= 4 is 17.5 Å². The van der Waals surface area contributed by atoms with Crippen LogP contribution in [0.1, 0.15) is 50.3 Å². The first kappa shape index (κ1) is 19.8. The Balaban J connectivity index is 1.84. The van der Waals surface area contributed by atoms with Gasteiger partial charge >= 0.3 is 0 Å². The van der Waals surface area contributed by atoms with Crippen molar-refractivity contribution in [2.45, 2.75) is 50.7 Å². The molecule has 2 aromatic carbocycles. The standard InChI is InChI=1S/C22H25ClFNO2/c1-15(26)13-22(18-5-9-20(24)10-6-18)11-12-25(21(27)14-22)16(2)17-3-7-19(23)8-4-17/h3-10,15-16,26H,11-14H2,1-2H3/t15-,16?,22+/m0/s1. The van der Waals surface area contributed by atoms with E-state index in [1.807, 2.05) is 36.1 Å². The molecular formula is C22H25ClFNO2. The van der Waals surface area contributed by atoms with E-state index in [1.54, 1.807) is 19.1 Å². The lowest BCUT2D eigenvalue weighted by Gasteiger charge is -2.44. The minimum atomic E-state index is -0.539. The molecule has 144 valence electrons. The van der Waals surface area contributed by atoms with Crippen molar-refractivity contribution < 1.29 is 14.3 Å². The van der Waals surface area contributed by atoms with Crippen LogP contribution in [0.4, 0.5) is 4.39 Å². The second-order valence-electron chi connectivity index (χ2n) is 7.58. The molecule has 27 heavy (non-hydrogen) atoms. The van der Waals surface area contributed by atoms with Crippen molar-refractivity contribution in [3.05, 3.63) is 70.5 Å². The van der Waals surface area contributed by atoms with Crippen LogP contribution >= 0.6 is 11.6 Å². The van der Waals surface area contributed by atoms with E-state index in [1.165, 1.54) is 12.1 Å². The Morgan fingerprint density at radius 3 is 2.33 bits per heavy atom. The molecule has 0 bridgehead atoms. The molecule has 0 saturated carbocycles. The number of aliphatic hydroxyl groups excluding tert-OH is 1. The van der Waals surface area contributed by atoms with Crippen molar-refractivity contribution in [3.63, 3.8) is 0 Å². The maximum absolute atomic E-state index is 13.4. The summed E-state index contributed by atoms with van der Waals surface area (Å²) < 4.78 is 13.4. The SMILES string of the molecule is CC(c1ccc(Cl)cc1)N1CC[C@](C[C@H](C)O)(c2ccc(F)cc2)CC1=O. The van der Waals surface area contributed by atoms with Crippen molar-refractivity contribution in [1.82, 2.24) is 4.90 Å². The van der Waals surface area contributed by atoms with Gasteiger partial charge in [0, 0.05) is 23.4 Å². The lowest BCUT2D eigenvalue weighted by molar-refractivity contribution is -0.138. The van der Waals surface area contributed by atoms with Crippen LogP contribution in [-0.2, 0) is 10.2 Å². The lowest BCUT2D eigenvalue weighted by atomic mass is 9.69. The van der Waals surface area contributed by atoms with Gasteiger partial charge in [-0.3, -0.25) is 4.79 Å². The Bertz CT molecular complexity index is 791. The predicted molar refractivity (Wildman–Crippen MR) is 105 cm³/mol. The minimum Gasteiger partial charge on any atom is -0.393 e. The van der Waals surface area contributed by atoms with Gasteiger partial charge in [0.2, 0.25) is 5.91 Å². The molecule has 0 aliphatic carbocycles. The van der Waals surface area contributed by atoms with Gasteiger partial charge in [-0.1, -0.05) is 35.9 Å². The van der Waals surface area contributed by atoms with Gasteiger partial charge in [0.05, 0.1) is 12.1 Å². The molecule has 1 unspecified atom stereocenters. The van der Waals surface area contributed by atoms with Crippen molar-refractivity contribution in [3.8, 4) is 0 Å². The van der Waals surface area contributed by atoms with E-state index >= 15 is 0 Å². The number of benzene rings is 2. The summed E-state index contributed by atoms with van der Waals surface area (Å²) in [4.78, 5) is 14.9. The van der Waals surface area contributed by atoms with Gasteiger partial charge in [-0.2, -0.15) is 0 Å². The van der Waals surface area contributed by atoms with Gasteiger partial charge in [-0.25, -0.2) is 4.39 Å². The molecule has 1 aliphatic rings. The molecule has 3 atom stereocenters. The smallest absolute Gasteiger partial charge is 0.223 e. The molecule has 0 aromatic heterocycles. The second kappa shape index (κ2) is 7.99. The highest BCUT2D eigenvalue weighted by atomic mass is 35.5. The van der Waals surface area contributed by atoms with Crippen LogP contribution < -0.4 is 0 Å². The fourth-order valence-corrected chi connectivity index (χ4v) is 4.30. The fourth-order valence-electron chi connectivity index (χ4n) is 4.18. The average molecular weight is 390 g/mol. The lowest BCUT2D eigenvalue weighted by Crippen LogP contribution is -2.48. The minimum absolute atomic E-state index is 0.0486. The monoisotopic (exact) mass is 389 g/mol. The topological polar surface area (TPSA) is 40.5 Å². The molecule has 1 heterocycles. The molecule has 0 radical (unpaired) electrons. The summed E-state index contributed by atoms with van der Waals surface area (Å²) in [7, 11) is 0. The number of piperidine rings is 1. The zero-order chi connectivity index (χ0) is 19.6. The molecule has 1 fully saturated rings. The van der Waals surface area contributed by atoms with E-state index in [0.717, 1.165) is 17.5 Å². The highest BCUT2D eigenvalue weighted by Gasteiger charge is 2.42. The third-order valence-electron chi connectivity index (χ3n) is 5.60. The van der Waals surface area contributed by atoms with E-state index in [0.29, 0.717) is 24.4 Å². The third-order valence-corrected chi connectivity index (χ3v) is 5.86. The molecule has 0 spiro atoms. The van der Waals surface area contributed by atoms with Gasteiger partial charge in [-0.05, 0) is 62.1 Å². The van der Waals surface area contributed by atoms with E-state index in [4.69, 9.17) is 11.6 Å². The molecule has 1 amide bonds. The Morgan fingerprint density at radius 1 is 1.15 bits per heavy atom. The number of nitrogens with zero attached hydrogens (tertiary/aromatic N) is 1. The zero-order valence-corrected chi connectivity index (χ0v) is 16.4. The molecule has 2 aromatic rings. The first-order chi connectivity index (χ1) is 12.8. The molecule has 5 heteroatoms. The van der Waals surface area contributed by atoms with E-state index in [2.05, 4.69) is 0 Å². The molecule has 1 aliphatic heterocycles. The number of likely N-dealkylation sites (tertiary alicyclic amines) is 1. The summed E-state index contributed by atoms with van der Waals surface area (Å²) in [5, 5.41) is 10.7. The van der Waals surface area contributed by atoms with Crippen molar-refractivity contribution in [1.29, 1.82) is 0 Å². The summed E-state index contributed by atoms with van der Waals surface area (Å²) in [6.07, 6.45) is 0.977. The van der Waals surface area contributed by atoms with Gasteiger partial charge in [0.25, 0.3) is 0 Å². The average Bonchev–Trinajstić information content (AvgIpc) is 2.62. The van der Waals surface area contributed by atoms with E-state index in [-0.39, 0.29) is 17.8 Å². The summed E-state index contributed by atoms with van der Waals surface area (Å²) in [6.45, 7) is 4.34. The number of hydrogen-bond acceptors (Lipinski definition) is 2. The molecule has 1 saturated heterocycles. The highest BCUT2D eigenvalue weighted by Crippen LogP contribution is 2.42. The van der Waals surface area contributed by atoms with Crippen LogP contribution in [0.5, 0.6) is 0 Å². The number of carbonyl (C=O) groups is 1. The number of rotatable bonds is 5. The first-order valence-corrected chi connectivity index (χ1v) is 9.67. The fraction of sp³-hybridized carbons (Fsp3) is 0.409. The highest BCUT2D eigenvalue weighted by molar-refractivity contribution is 6.30. The Labute approximate surface area is 164 Å². The maximum atomic E-state index is 13.4. The Morgan fingerprint density at radius 2 is 1.78 bits per heavy atom. The Hall–Kier alpha value is -1.91. The molecule has 3 nitrogen and oxygen atoms in total. The number of hydrogen-bond donors (Lipinski definition) is 1. The number of amides is 1. The van der Waals surface area contributed by atoms with Crippen LogP contribution in [0.3, 0.4) is 0 Å². The third kappa shape index (κ3) is 4.33. The van der Waals surface area contributed by atoms with Crippen molar-refractivity contribution in [2.24, 2.45) is 0 Å². The van der Waals surface area contributed by atoms with Gasteiger partial charge < -0.3 is 10.0 Å². The van der Waals surface area contributed by atoms with Crippen LogP contribution in [-0.4, -0.2) is 28.6 Å². The molecule has 1 N–H and O–H groups in total. The second-order valence-corrected chi connectivity index (χ2v) is 8.02. The summed E-state index contributed by atoms with van der Waals surface area (Å²) in [5.74, 6) is -0.250. The van der Waals surface area contributed by atoms with Crippen LogP contribution in [0.15, 0.2) is 48.5 Å². The van der Waals surface area contributed by atoms with Crippen LogP contribution in [0.2, 0.25) is 5.02 Å². The Kier molecular flexibility index (Phi) is 5.87. The number of halogens is 2. The summed E-state index contributed by atoms with van der Waals surface area (Å²) in [5.41, 5.74) is 1.49. The quantitative estimate of drug-likeness (QED) is 0.792. The van der Waals surface area contributed by atoms with Crippen LogP contribution in [0, 0.1) is 5.82 Å². The maximum Gasteiger partial charge on any atom is 0.223 e. The van der Waals surface area contributed by atoms with Gasteiger partial charge in [0.1, 0.15) is 5.82 Å². The van der Waals surface area contributed by atoms with E-state index in [9.17, 15) is 14.3 Å². The predicted octanol–water partition coefficient (Wildman–Crippen LogP) is 4.87. The summed E-state index contributed by atoms with van der Waals surface area (Å²) in [6, 6.07) is 13.8. The van der Waals surface area contributed by atoms with Crippen LogP contribution in [0.25, 0.3) is 0 Å². The van der Waals surface area contributed by atoms with Crippen molar-refractivity contribution in [2.75, 3.05) is 6.54 Å². The van der Waals surface area contributed by atoms with E-state index < -0.39 is 11.5 Å². The zero-order valence-electron chi connectivity index (χ0n) is 15.7. The largest absolute Gasteiger partial charge is 0.393 e. The molecule has 3 rings (SSSR count). The van der Waals surface area contributed by atoms with Gasteiger partial charge in [-0.15, -0.1) is 0 Å². The summed E-state index contributed by atoms with van der Waals surface area (Å²) >= 11 is 5.96. The molecular weight excluding hydrogens is 365 g/mol. The van der Waals surface area contributed by atoms with Gasteiger partial charge in [0.15, 0.2) is 0 Å². The first-order valence-electron chi connectivity index (χ1n) is 9.30. The number of carbonyl (C=O) groups excluding carboxylic acids is 1.